The van der Waals surface area contributed by atoms with Crippen molar-refractivity contribution in [1.29, 1.82) is 0 Å². The number of fused-ring (bicyclic) bond motifs is 1. The van der Waals surface area contributed by atoms with E-state index in [1.54, 1.807) is 17.9 Å². The standard InChI is InChI=1S/C20H24N4O3S/c1-14-4-5-16-18(12-14)28-20(21-16)24(19(25)17-13-15(2)27-22-17)7-3-6-23-8-10-26-11-9-23/h4-5,12-13H,3,6-11H2,1-2H3. The molecule has 1 fully saturated rings. The van der Waals surface area contributed by atoms with Crippen molar-refractivity contribution in [1.82, 2.24) is 15.0 Å². The Morgan fingerprint density at radius 2 is 2.07 bits per heavy atom. The van der Waals surface area contributed by atoms with E-state index >= 15 is 0 Å². The second kappa shape index (κ2) is 8.38. The van der Waals surface area contributed by atoms with Crippen LogP contribution in [-0.4, -0.2) is 60.3 Å². The minimum Gasteiger partial charge on any atom is -0.379 e. The van der Waals surface area contributed by atoms with Gasteiger partial charge in [0.2, 0.25) is 0 Å². The first kappa shape index (κ1) is 19.0. The van der Waals surface area contributed by atoms with Gasteiger partial charge in [0, 0.05) is 32.2 Å². The topological polar surface area (TPSA) is 71.7 Å². The van der Waals surface area contributed by atoms with E-state index < -0.39 is 0 Å². The lowest BCUT2D eigenvalue weighted by atomic mass is 10.2. The van der Waals surface area contributed by atoms with Gasteiger partial charge in [0.05, 0.1) is 23.4 Å². The number of aromatic nitrogens is 2. The minimum absolute atomic E-state index is 0.172. The fourth-order valence-electron chi connectivity index (χ4n) is 3.30. The van der Waals surface area contributed by atoms with E-state index in [-0.39, 0.29) is 5.91 Å². The average Bonchev–Trinajstić information content (AvgIpc) is 3.31. The Morgan fingerprint density at radius 3 is 2.82 bits per heavy atom. The number of hydrogen-bond acceptors (Lipinski definition) is 7. The van der Waals surface area contributed by atoms with Gasteiger partial charge in [-0.2, -0.15) is 0 Å². The summed E-state index contributed by atoms with van der Waals surface area (Å²) in [5.41, 5.74) is 2.41. The first-order chi connectivity index (χ1) is 13.6. The van der Waals surface area contributed by atoms with E-state index in [4.69, 9.17) is 14.2 Å². The second-order valence-corrected chi connectivity index (χ2v) is 8.06. The number of amides is 1. The van der Waals surface area contributed by atoms with Gasteiger partial charge < -0.3 is 9.26 Å². The molecule has 1 aliphatic rings. The van der Waals surface area contributed by atoms with Crippen molar-refractivity contribution in [3.05, 3.63) is 41.3 Å². The van der Waals surface area contributed by atoms with Gasteiger partial charge in [-0.05, 0) is 38.0 Å². The molecule has 0 bridgehead atoms. The Balaban J connectivity index is 1.55. The molecule has 0 spiro atoms. The molecule has 0 radical (unpaired) electrons. The van der Waals surface area contributed by atoms with Crippen molar-refractivity contribution in [2.45, 2.75) is 20.3 Å². The Bertz CT molecular complexity index is 961. The van der Waals surface area contributed by atoms with Gasteiger partial charge in [-0.3, -0.25) is 14.6 Å². The Labute approximate surface area is 167 Å². The maximum atomic E-state index is 13.1. The quantitative estimate of drug-likeness (QED) is 0.632. The number of carbonyl (C=O) groups is 1. The molecule has 3 heterocycles. The molecule has 0 saturated carbocycles. The molecular weight excluding hydrogens is 376 g/mol. The van der Waals surface area contributed by atoms with Crippen molar-refractivity contribution in [2.75, 3.05) is 44.3 Å². The molecule has 0 unspecified atom stereocenters. The number of rotatable bonds is 6. The maximum Gasteiger partial charge on any atom is 0.282 e. The summed E-state index contributed by atoms with van der Waals surface area (Å²) in [6.45, 7) is 8.79. The summed E-state index contributed by atoms with van der Waals surface area (Å²) in [6.07, 6.45) is 0.859. The Kier molecular flexibility index (Phi) is 5.70. The molecule has 28 heavy (non-hydrogen) atoms. The van der Waals surface area contributed by atoms with Crippen LogP contribution in [0.3, 0.4) is 0 Å². The van der Waals surface area contributed by atoms with E-state index in [2.05, 4.69) is 23.0 Å². The van der Waals surface area contributed by atoms with Gasteiger partial charge in [0.15, 0.2) is 10.8 Å². The van der Waals surface area contributed by atoms with E-state index in [0.717, 1.165) is 49.5 Å². The third kappa shape index (κ3) is 4.24. The van der Waals surface area contributed by atoms with Crippen LogP contribution >= 0.6 is 11.3 Å². The van der Waals surface area contributed by atoms with Crippen LogP contribution in [0.1, 0.15) is 28.2 Å². The molecule has 0 aliphatic carbocycles. The molecule has 1 aromatic carbocycles. The van der Waals surface area contributed by atoms with Gasteiger partial charge in [0.1, 0.15) is 5.76 Å². The third-order valence-corrected chi connectivity index (χ3v) is 5.86. The molecule has 4 rings (SSSR count). The summed E-state index contributed by atoms with van der Waals surface area (Å²) >= 11 is 1.54. The van der Waals surface area contributed by atoms with Gasteiger partial charge in [-0.15, -0.1) is 0 Å². The van der Waals surface area contributed by atoms with Crippen molar-refractivity contribution >= 4 is 32.6 Å². The summed E-state index contributed by atoms with van der Waals surface area (Å²) in [5.74, 6) is 0.450. The summed E-state index contributed by atoms with van der Waals surface area (Å²) in [6, 6.07) is 7.82. The minimum atomic E-state index is -0.172. The molecule has 1 aliphatic heterocycles. The molecule has 2 aromatic heterocycles. The third-order valence-electron chi connectivity index (χ3n) is 4.82. The lowest BCUT2D eigenvalue weighted by molar-refractivity contribution is 0.0376. The maximum absolute atomic E-state index is 13.1. The number of anilines is 1. The Morgan fingerprint density at radius 1 is 1.25 bits per heavy atom. The van der Waals surface area contributed by atoms with Crippen LogP contribution in [0.2, 0.25) is 0 Å². The molecule has 3 aromatic rings. The second-order valence-electron chi connectivity index (χ2n) is 7.05. The molecular formula is C20H24N4O3S. The first-order valence-corrected chi connectivity index (χ1v) is 10.3. The summed E-state index contributed by atoms with van der Waals surface area (Å²) in [4.78, 5) is 21.9. The largest absolute Gasteiger partial charge is 0.379 e. The number of morpholine rings is 1. The lowest BCUT2D eigenvalue weighted by Crippen LogP contribution is -2.39. The highest BCUT2D eigenvalue weighted by molar-refractivity contribution is 7.22. The fraction of sp³-hybridized carbons (Fsp3) is 0.450. The zero-order valence-electron chi connectivity index (χ0n) is 16.2. The smallest absolute Gasteiger partial charge is 0.282 e. The highest BCUT2D eigenvalue weighted by atomic mass is 32.1. The van der Waals surface area contributed by atoms with Gasteiger partial charge in [0.25, 0.3) is 5.91 Å². The van der Waals surface area contributed by atoms with E-state index in [9.17, 15) is 4.79 Å². The molecule has 0 atom stereocenters. The van der Waals surface area contributed by atoms with Crippen LogP contribution in [0, 0.1) is 13.8 Å². The lowest BCUT2D eigenvalue weighted by Gasteiger charge is -2.27. The van der Waals surface area contributed by atoms with Crippen LogP contribution < -0.4 is 4.90 Å². The number of benzene rings is 1. The fourth-order valence-corrected chi connectivity index (χ4v) is 4.39. The van der Waals surface area contributed by atoms with Gasteiger partial charge in [-0.25, -0.2) is 4.98 Å². The first-order valence-electron chi connectivity index (χ1n) is 9.52. The predicted octanol–water partition coefficient (Wildman–Crippen LogP) is 3.27. The van der Waals surface area contributed by atoms with Crippen molar-refractivity contribution < 1.29 is 14.1 Å². The molecule has 0 N–H and O–H groups in total. The van der Waals surface area contributed by atoms with Crippen LogP contribution in [0.5, 0.6) is 0 Å². The number of hydrogen-bond donors (Lipinski definition) is 0. The van der Waals surface area contributed by atoms with E-state index in [1.165, 1.54) is 16.9 Å². The average molecular weight is 401 g/mol. The zero-order chi connectivity index (χ0) is 19.5. The van der Waals surface area contributed by atoms with Crippen LogP contribution in [-0.2, 0) is 4.74 Å². The number of ether oxygens (including phenoxy) is 1. The summed E-state index contributed by atoms with van der Waals surface area (Å²) in [5, 5.41) is 4.61. The number of aryl methyl sites for hydroxylation is 2. The van der Waals surface area contributed by atoms with E-state index in [0.29, 0.717) is 23.1 Å². The van der Waals surface area contributed by atoms with Crippen LogP contribution in [0.4, 0.5) is 5.13 Å². The van der Waals surface area contributed by atoms with Crippen molar-refractivity contribution in [3.8, 4) is 0 Å². The van der Waals surface area contributed by atoms with Gasteiger partial charge >= 0.3 is 0 Å². The predicted molar refractivity (Wildman–Crippen MR) is 109 cm³/mol. The zero-order valence-corrected chi connectivity index (χ0v) is 17.0. The van der Waals surface area contributed by atoms with Crippen LogP contribution in [0.15, 0.2) is 28.8 Å². The summed E-state index contributed by atoms with van der Waals surface area (Å²) in [7, 11) is 0. The summed E-state index contributed by atoms with van der Waals surface area (Å²) < 4.78 is 11.6. The number of carbonyl (C=O) groups excluding carboxylic acids is 1. The molecule has 1 amide bonds. The van der Waals surface area contributed by atoms with Gasteiger partial charge in [-0.1, -0.05) is 22.6 Å². The number of thiazole rings is 1. The van der Waals surface area contributed by atoms with Crippen molar-refractivity contribution in [3.63, 3.8) is 0 Å². The highest BCUT2D eigenvalue weighted by Gasteiger charge is 2.24. The van der Waals surface area contributed by atoms with Crippen LogP contribution in [0.25, 0.3) is 10.2 Å². The monoisotopic (exact) mass is 400 g/mol. The molecule has 1 saturated heterocycles. The normalized spacial score (nSPS) is 15.2. The Hall–Kier alpha value is -2.29. The van der Waals surface area contributed by atoms with E-state index in [1.807, 2.05) is 12.1 Å². The highest BCUT2D eigenvalue weighted by Crippen LogP contribution is 2.30. The van der Waals surface area contributed by atoms with Crippen molar-refractivity contribution in [2.24, 2.45) is 0 Å². The molecule has 8 heteroatoms. The number of nitrogens with zero attached hydrogens (tertiary/aromatic N) is 4. The molecule has 148 valence electrons. The SMILES string of the molecule is Cc1ccc2nc(N(CCCN3CCOCC3)C(=O)c3cc(C)on3)sc2c1. The molecule has 7 nitrogen and oxygen atoms in total.